The molecule has 1 heterocycles. The van der Waals surface area contributed by atoms with Gasteiger partial charge in [-0.25, -0.2) is 13.7 Å². The number of amides is 2. The molecule has 4 atom stereocenters. The van der Waals surface area contributed by atoms with E-state index >= 15 is 0 Å². The fourth-order valence-corrected chi connectivity index (χ4v) is 5.03. The van der Waals surface area contributed by atoms with Crippen LogP contribution in [0.15, 0.2) is 12.3 Å². The van der Waals surface area contributed by atoms with Gasteiger partial charge in [-0.1, -0.05) is 0 Å². The zero-order valence-corrected chi connectivity index (χ0v) is 16.9. The molecule has 0 aromatic rings. The van der Waals surface area contributed by atoms with Crippen LogP contribution in [0.5, 0.6) is 0 Å². The molecule has 162 valence electrons. The van der Waals surface area contributed by atoms with E-state index in [2.05, 4.69) is 13.1 Å². The monoisotopic (exact) mass is 468 g/mol. The highest BCUT2D eigenvalue weighted by Crippen LogP contribution is 2.66. The van der Waals surface area contributed by atoms with Crippen LogP contribution in [0.1, 0.15) is 12.8 Å². The number of ether oxygens (including phenoxy) is 1. The molecule has 0 saturated carbocycles. The molecule has 0 spiro atoms. The Hall–Kier alpha value is -0.950. The highest BCUT2D eigenvalue weighted by molar-refractivity contribution is 7.66. The van der Waals surface area contributed by atoms with Crippen molar-refractivity contribution in [2.75, 3.05) is 13.7 Å². The molecule has 5 N–H and O–H groups in total. The highest BCUT2D eigenvalue weighted by atomic mass is 31.3. The van der Waals surface area contributed by atoms with E-state index in [-0.39, 0.29) is 6.41 Å². The average Bonchev–Trinajstić information content (AvgIpc) is 2.96. The summed E-state index contributed by atoms with van der Waals surface area (Å²) >= 11 is 0. The first-order valence-corrected chi connectivity index (χ1v) is 11.8. The van der Waals surface area contributed by atoms with E-state index < -0.39 is 48.3 Å². The first-order chi connectivity index (χ1) is 12.7. The topological polar surface area (TPSA) is 218 Å². The minimum Gasteiger partial charge on any atom is -0.355 e. The Bertz CT molecular complexity index is 736. The number of rotatable bonds is 11. The van der Waals surface area contributed by atoms with Gasteiger partial charge in [0, 0.05) is 19.3 Å². The number of hydrogen-bond donors (Lipinski definition) is 5. The molecule has 18 heteroatoms. The van der Waals surface area contributed by atoms with Crippen molar-refractivity contribution in [2.45, 2.75) is 25.2 Å². The summed E-state index contributed by atoms with van der Waals surface area (Å²) in [6, 6.07) is 0. The zero-order chi connectivity index (χ0) is 21.6. The Kier molecular flexibility index (Phi) is 9.13. The third-order valence-electron chi connectivity index (χ3n) is 3.04. The lowest BCUT2D eigenvalue weighted by atomic mass is 10.2. The third-order valence-corrected chi connectivity index (χ3v) is 6.84. The smallest absolute Gasteiger partial charge is 0.355 e. The van der Waals surface area contributed by atoms with E-state index in [0.29, 0.717) is 12.8 Å². The van der Waals surface area contributed by atoms with E-state index in [1.807, 2.05) is 5.32 Å². The fourth-order valence-electron chi connectivity index (χ4n) is 1.98. The quantitative estimate of drug-likeness (QED) is 0.147. The lowest BCUT2D eigenvalue weighted by molar-refractivity contribution is -0.121. The molecule has 0 bridgehead atoms. The van der Waals surface area contributed by atoms with Crippen LogP contribution in [0, 0.1) is 0 Å². The molecule has 1 aliphatic heterocycles. The van der Waals surface area contributed by atoms with Crippen LogP contribution in [0.2, 0.25) is 0 Å². The fraction of sp³-hybridized carbons (Fsp3) is 0.600. The predicted octanol–water partition coefficient (Wildman–Crippen LogP) is -0.447. The van der Waals surface area contributed by atoms with Crippen LogP contribution < -0.4 is 5.32 Å². The second kappa shape index (κ2) is 10.2. The summed E-state index contributed by atoms with van der Waals surface area (Å²) in [5.41, 5.74) is 0. The summed E-state index contributed by atoms with van der Waals surface area (Å²) in [6.45, 7) is -0.552. The molecule has 0 aromatic heterocycles. The van der Waals surface area contributed by atoms with Gasteiger partial charge in [-0.2, -0.15) is 8.62 Å². The van der Waals surface area contributed by atoms with Crippen LogP contribution in [0.3, 0.4) is 0 Å². The van der Waals surface area contributed by atoms with Gasteiger partial charge in [-0.3, -0.25) is 19.4 Å². The average molecular weight is 468 g/mol. The Balaban J connectivity index is 2.50. The predicted molar refractivity (Wildman–Crippen MR) is 88.8 cm³/mol. The number of nitrogens with zero attached hydrogens (tertiary/aromatic N) is 1. The van der Waals surface area contributed by atoms with Gasteiger partial charge in [-0.15, -0.1) is 0 Å². The van der Waals surface area contributed by atoms with Crippen molar-refractivity contribution in [3.05, 3.63) is 12.3 Å². The number of phosphoric acid groups is 3. The summed E-state index contributed by atoms with van der Waals surface area (Å²) in [6.07, 6.45) is 2.16. The number of imide groups is 1. The standard InChI is InChI=1S/C10H19N2O13P3/c1-12(5-4-9(14)11-7-13)10-3-2-8(23-10)6-22-27(18,19)25-28(20,21)24-26(15,16)17/h4-5,7-8,10H,2-3,6H2,1H3,(H,18,19)(H,20,21)(H,11,13,14)(H2,15,16,17)/b5-4-/t8-,10?/m0/s1. The molecular formula is C10H19N2O13P3. The Morgan fingerprint density at radius 1 is 1.18 bits per heavy atom. The third kappa shape index (κ3) is 10.0. The summed E-state index contributed by atoms with van der Waals surface area (Å²) < 4.78 is 50.5. The lowest BCUT2D eigenvalue weighted by Gasteiger charge is -2.23. The maximum Gasteiger partial charge on any atom is 0.490 e. The number of phosphoric ester groups is 1. The van der Waals surface area contributed by atoms with Gasteiger partial charge in [0.25, 0.3) is 5.91 Å². The molecule has 1 fully saturated rings. The van der Waals surface area contributed by atoms with Gasteiger partial charge in [0.2, 0.25) is 6.41 Å². The van der Waals surface area contributed by atoms with E-state index in [0.717, 1.165) is 6.08 Å². The van der Waals surface area contributed by atoms with Gasteiger partial charge < -0.3 is 29.2 Å². The van der Waals surface area contributed by atoms with Gasteiger partial charge in [-0.05, 0) is 12.8 Å². The Morgan fingerprint density at radius 3 is 2.39 bits per heavy atom. The van der Waals surface area contributed by atoms with Crippen molar-refractivity contribution in [2.24, 2.45) is 0 Å². The van der Waals surface area contributed by atoms with E-state index in [9.17, 15) is 28.2 Å². The first kappa shape index (κ1) is 25.1. The van der Waals surface area contributed by atoms with Gasteiger partial charge in [0.1, 0.15) is 6.23 Å². The Labute approximate surface area is 158 Å². The van der Waals surface area contributed by atoms with E-state index in [1.54, 1.807) is 7.05 Å². The molecular weight excluding hydrogens is 449 g/mol. The molecule has 15 nitrogen and oxygen atoms in total. The van der Waals surface area contributed by atoms with Crippen LogP contribution in [-0.2, 0) is 41.2 Å². The molecule has 1 rings (SSSR count). The minimum absolute atomic E-state index is 0.220. The zero-order valence-electron chi connectivity index (χ0n) is 14.3. The number of carbonyl (C=O) groups excluding carboxylic acids is 2. The first-order valence-electron chi connectivity index (χ1n) is 7.31. The SMILES string of the molecule is CN(/C=C\C(=O)NC=O)C1CC[C@@H](COP(=O)(O)OP(=O)(O)OP(=O)(O)O)O1. The van der Waals surface area contributed by atoms with E-state index in [1.165, 1.54) is 11.1 Å². The maximum atomic E-state index is 11.6. The molecule has 3 unspecified atom stereocenters. The normalized spacial score (nSPS) is 24.5. The second-order valence-electron chi connectivity index (χ2n) is 5.28. The number of hydrogen-bond acceptors (Lipinski definition) is 10. The van der Waals surface area contributed by atoms with Gasteiger partial charge in [0.15, 0.2) is 0 Å². The van der Waals surface area contributed by atoms with Crippen molar-refractivity contribution in [1.82, 2.24) is 10.2 Å². The molecule has 0 aromatic carbocycles. The van der Waals surface area contributed by atoms with Crippen molar-refractivity contribution >= 4 is 35.8 Å². The van der Waals surface area contributed by atoms with Gasteiger partial charge >= 0.3 is 23.5 Å². The highest BCUT2D eigenvalue weighted by Gasteiger charge is 2.41. The summed E-state index contributed by atoms with van der Waals surface area (Å²) in [5, 5.41) is 1.90. The van der Waals surface area contributed by atoms with Crippen molar-refractivity contribution < 1.29 is 60.7 Å². The van der Waals surface area contributed by atoms with Crippen LogP contribution in [-0.4, -0.2) is 62.8 Å². The van der Waals surface area contributed by atoms with Gasteiger partial charge in [0.05, 0.1) is 12.7 Å². The molecule has 0 aliphatic carbocycles. The molecule has 2 amide bonds. The second-order valence-corrected chi connectivity index (χ2v) is 9.70. The minimum atomic E-state index is -5.57. The molecule has 1 saturated heterocycles. The molecule has 28 heavy (non-hydrogen) atoms. The number of nitrogens with one attached hydrogen (secondary N) is 1. The summed E-state index contributed by atoms with van der Waals surface area (Å²) in [5.74, 6) is -0.649. The van der Waals surface area contributed by atoms with Crippen molar-refractivity contribution in [3.8, 4) is 0 Å². The lowest BCUT2D eigenvalue weighted by Crippen LogP contribution is -2.29. The van der Waals surface area contributed by atoms with Crippen LogP contribution >= 0.6 is 23.5 Å². The molecule has 1 aliphatic rings. The molecule has 0 radical (unpaired) electrons. The Morgan fingerprint density at radius 2 is 1.82 bits per heavy atom. The van der Waals surface area contributed by atoms with E-state index in [4.69, 9.17) is 19.4 Å². The number of carbonyl (C=O) groups is 2. The summed E-state index contributed by atoms with van der Waals surface area (Å²) in [4.78, 5) is 58.0. The van der Waals surface area contributed by atoms with Crippen molar-refractivity contribution in [1.29, 1.82) is 0 Å². The maximum absolute atomic E-state index is 11.6. The van der Waals surface area contributed by atoms with Crippen LogP contribution in [0.25, 0.3) is 0 Å². The van der Waals surface area contributed by atoms with Crippen LogP contribution in [0.4, 0.5) is 0 Å². The van der Waals surface area contributed by atoms with Crippen molar-refractivity contribution in [3.63, 3.8) is 0 Å². The largest absolute Gasteiger partial charge is 0.490 e. The summed E-state index contributed by atoms with van der Waals surface area (Å²) in [7, 11) is -14.7.